The van der Waals surface area contributed by atoms with Crippen molar-refractivity contribution in [2.24, 2.45) is 0 Å². The maximum Gasteiger partial charge on any atom is 0.352 e. The number of carbonyl (C=O) groups excluding carboxylic acids is 1. The molecule has 1 heterocycles. The summed E-state index contributed by atoms with van der Waals surface area (Å²) in [6, 6.07) is 15.4. The van der Waals surface area contributed by atoms with Gasteiger partial charge in [-0.3, -0.25) is 14.2 Å². The average molecular weight is 466 g/mol. The molecule has 4 rings (SSSR count). The Balaban J connectivity index is 1.76. The standard InChI is InChI=1S/C24H17F3N4O3/c25-17-8-4-15(5-9-17)13-28-22(32)21-23(33)30(14-16-6-10-18(26)11-7-16)24(34)31(29-21)20-3-1-2-19(27)12-20/h1-12H,13-14H2,(H,28,32). The smallest absolute Gasteiger partial charge is 0.346 e. The fourth-order valence-electron chi connectivity index (χ4n) is 3.21. The first-order chi connectivity index (χ1) is 16.3. The van der Waals surface area contributed by atoms with Gasteiger partial charge in [-0.2, -0.15) is 9.78 Å². The van der Waals surface area contributed by atoms with Crippen LogP contribution in [-0.2, 0) is 13.1 Å². The van der Waals surface area contributed by atoms with Crippen molar-refractivity contribution in [3.63, 3.8) is 0 Å². The minimum atomic E-state index is -0.974. The van der Waals surface area contributed by atoms with E-state index in [0.717, 1.165) is 15.3 Å². The molecule has 1 aromatic heterocycles. The van der Waals surface area contributed by atoms with Gasteiger partial charge in [0, 0.05) is 6.54 Å². The molecular formula is C24H17F3N4O3. The van der Waals surface area contributed by atoms with Crippen LogP contribution in [0, 0.1) is 17.5 Å². The Labute approximate surface area is 190 Å². The van der Waals surface area contributed by atoms with Crippen molar-refractivity contribution >= 4 is 5.91 Å². The third-order valence-electron chi connectivity index (χ3n) is 4.95. The van der Waals surface area contributed by atoms with Gasteiger partial charge in [0.25, 0.3) is 11.5 Å². The first kappa shape index (κ1) is 22.7. The van der Waals surface area contributed by atoms with Crippen LogP contribution in [0.4, 0.5) is 13.2 Å². The molecule has 172 valence electrons. The van der Waals surface area contributed by atoms with Crippen LogP contribution in [0.3, 0.4) is 0 Å². The molecule has 0 aliphatic heterocycles. The van der Waals surface area contributed by atoms with Crippen molar-refractivity contribution in [1.29, 1.82) is 0 Å². The van der Waals surface area contributed by atoms with Gasteiger partial charge >= 0.3 is 5.69 Å². The van der Waals surface area contributed by atoms with Crippen molar-refractivity contribution in [2.45, 2.75) is 13.1 Å². The molecule has 0 bridgehead atoms. The molecule has 0 atom stereocenters. The summed E-state index contributed by atoms with van der Waals surface area (Å²) in [5.41, 5.74) is -1.48. The van der Waals surface area contributed by atoms with Crippen LogP contribution in [0.15, 0.2) is 82.4 Å². The van der Waals surface area contributed by atoms with Gasteiger partial charge < -0.3 is 5.32 Å². The van der Waals surface area contributed by atoms with E-state index >= 15 is 0 Å². The third kappa shape index (κ3) is 4.96. The number of carbonyl (C=O) groups is 1. The van der Waals surface area contributed by atoms with E-state index in [0.29, 0.717) is 11.1 Å². The summed E-state index contributed by atoms with van der Waals surface area (Å²) in [5, 5.41) is 6.41. The minimum Gasteiger partial charge on any atom is -0.346 e. The third-order valence-corrected chi connectivity index (χ3v) is 4.95. The van der Waals surface area contributed by atoms with Gasteiger partial charge in [0.05, 0.1) is 12.2 Å². The Kier molecular flexibility index (Phi) is 6.39. The summed E-state index contributed by atoms with van der Waals surface area (Å²) >= 11 is 0. The maximum atomic E-state index is 13.8. The van der Waals surface area contributed by atoms with Crippen LogP contribution in [0.2, 0.25) is 0 Å². The molecule has 1 amide bonds. The molecule has 0 unspecified atom stereocenters. The highest BCUT2D eigenvalue weighted by molar-refractivity contribution is 5.91. The fourth-order valence-corrected chi connectivity index (χ4v) is 3.21. The molecule has 0 saturated carbocycles. The summed E-state index contributed by atoms with van der Waals surface area (Å²) in [7, 11) is 0. The van der Waals surface area contributed by atoms with Gasteiger partial charge in [-0.05, 0) is 53.6 Å². The van der Waals surface area contributed by atoms with Crippen molar-refractivity contribution in [2.75, 3.05) is 0 Å². The zero-order chi connectivity index (χ0) is 24.2. The second-order valence-corrected chi connectivity index (χ2v) is 7.35. The number of nitrogens with zero attached hydrogens (tertiary/aromatic N) is 3. The molecule has 34 heavy (non-hydrogen) atoms. The van der Waals surface area contributed by atoms with Crippen LogP contribution in [0.5, 0.6) is 0 Å². The lowest BCUT2D eigenvalue weighted by Crippen LogP contribution is -2.46. The molecule has 0 aliphatic carbocycles. The number of nitrogens with one attached hydrogen (secondary N) is 1. The first-order valence-corrected chi connectivity index (χ1v) is 10.1. The quantitative estimate of drug-likeness (QED) is 0.474. The number of hydrogen-bond acceptors (Lipinski definition) is 4. The summed E-state index contributed by atoms with van der Waals surface area (Å²) in [6.07, 6.45) is 0. The van der Waals surface area contributed by atoms with E-state index in [4.69, 9.17) is 0 Å². The minimum absolute atomic E-state index is 0.00504. The fraction of sp³-hybridized carbons (Fsp3) is 0.0833. The first-order valence-electron chi connectivity index (χ1n) is 10.1. The van der Waals surface area contributed by atoms with Gasteiger partial charge in [0.1, 0.15) is 17.5 Å². The zero-order valence-corrected chi connectivity index (χ0v) is 17.5. The Hall–Kier alpha value is -4.47. The Morgan fingerprint density at radius 1 is 0.824 bits per heavy atom. The highest BCUT2D eigenvalue weighted by atomic mass is 19.1. The van der Waals surface area contributed by atoms with Crippen LogP contribution < -0.4 is 16.6 Å². The van der Waals surface area contributed by atoms with E-state index in [-0.39, 0.29) is 18.8 Å². The summed E-state index contributed by atoms with van der Waals surface area (Å²) in [4.78, 5) is 38.9. The lowest BCUT2D eigenvalue weighted by molar-refractivity contribution is 0.0941. The van der Waals surface area contributed by atoms with Gasteiger partial charge in [-0.1, -0.05) is 30.3 Å². The van der Waals surface area contributed by atoms with E-state index in [1.165, 1.54) is 66.7 Å². The molecule has 0 fully saturated rings. The molecule has 7 nitrogen and oxygen atoms in total. The van der Waals surface area contributed by atoms with Gasteiger partial charge in [0.2, 0.25) is 5.69 Å². The summed E-state index contributed by atoms with van der Waals surface area (Å²) in [6.45, 7) is -0.300. The zero-order valence-electron chi connectivity index (χ0n) is 17.5. The number of benzene rings is 3. The number of aromatic nitrogens is 3. The molecule has 0 radical (unpaired) electrons. The van der Waals surface area contributed by atoms with Gasteiger partial charge in [-0.15, -0.1) is 0 Å². The molecule has 0 spiro atoms. The van der Waals surface area contributed by atoms with Gasteiger partial charge in [0.15, 0.2) is 0 Å². The number of halogens is 3. The molecule has 1 N–H and O–H groups in total. The van der Waals surface area contributed by atoms with Crippen molar-refractivity contribution in [3.8, 4) is 5.69 Å². The van der Waals surface area contributed by atoms with Crippen LogP contribution >= 0.6 is 0 Å². The topological polar surface area (TPSA) is 86.0 Å². The number of hydrogen-bond donors (Lipinski definition) is 1. The van der Waals surface area contributed by atoms with Crippen LogP contribution in [0.25, 0.3) is 5.69 Å². The van der Waals surface area contributed by atoms with Crippen LogP contribution in [0.1, 0.15) is 21.6 Å². The largest absolute Gasteiger partial charge is 0.352 e. The average Bonchev–Trinajstić information content (AvgIpc) is 2.82. The Morgan fingerprint density at radius 2 is 1.44 bits per heavy atom. The van der Waals surface area contributed by atoms with Crippen molar-refractivity contribution in [1.82, 2.24) is 19.7 Å². The lowest BCUT2D eigenvalue weighted by atomic mass is 10.2. The van der Waals surface area contributed by atoms with Gasteiger partial charge in [-0.25, -0.2) is 18.0 Å². The van der Waals surface area contributed by atoms with Crippen molar-refractivity contribution in [3.05, 3.63) is 128 Å². The summed E-state index contributed by atoms with van der Waals surface area (Å²) < 4.78 is 41.7. The molecule has 0 saturated heterocycles. The normalized spacial score (nSPS) is 10.8. The van der Waals surface area contributed by atoms with E-state index in [2.05, 4.69) is 10.4 Å². The molecule has 4 aromatic rings. The van der Waals surface area contributed by atoms with Crippen LogP contribution in [-0.4, -0.2) is 20.3 Å². The second kappa shape index (κ2) is 9.57. The lowest BCUT2D eigenvalue weighted by Gasteiger charge is -2.12. The van der Waals surface area contributed by atoms with E-state index in [9.17, 15) is 27.6 Å². The Bertz CT molecular complexity index is 1460. The highest BCUT2D eigenvalue weighted by Gasteiger charge is 2.20. The predicted molar refractivity (Wildman–Crippen MR) is 117 cm³/mol. The SMILES string of the molecule is O=C(NCc1ccc(F)cc1)c1nn(-c2cccc(F)c2)c(=O)n(Cc2ccc(F)cc2)c1=O. The maximum absolute atomic E-state index is 13.8. The monoisotopic (exact) mass is 466 g/mol. The van der Waals surface area contributed by atoms with E-state index < -0.39 is 40.3 Å². The number of amides is 1. The highest BCUT2D eigenvalue weighted by Crippen LogP contribution is 2.08. The second-order valence-electron chi connectivity index (χ2n) is 7.35. The molecule has 3 aromatic carbocycles. The molecule has 10 heteroatoms. The summed E-state index contributed by atoms with van der Waals surface area (Å²) in [5.74, 6) is -2.47. The van der Waals surface area contributed by atoms with E-state index in [1.807, 2.05) is 0 Å². The predicted octanol–water partition coefficient (Wildman–Crippen LogP) is 2.79. The van der Waals surface area contributed by atoms with E-state index in [1.54, 1.807) is 0 Å². The Morgan fingerprint density at radius 3 is 2.06 bits per heavy atom. The molecule has 0 aliphatic rings. The molecular weight excluding hydrogens is 449 g/mol. The number of rotatable bonds is 6. The van der Waals surface area contributed by atoms with Crippen molar-refractivity contribution < 1.29 is 18.0 Å².